The largest absolute Gasteiger partial charge is 1.00 e. The van der Waals surface area contributed by atoms with Gasteiger partial charge in [0.25, 0.3) is 0 Å². The summed E-state index contributed by atoms with van der Waals surface area (Å²) < 4.78 is 37.4. The molecule has 228 valence electrons. The molecule has 0 aromatic heterocycles. The molecule has 0 N–H and O–H groups in total. The van der Waals surface area contributed by atoms with Crippen LogP contribution in [0.1, 0.15) is 187 Å². The van der Waals surface area contributed by atoms with Gasteiger partial charge < -0.3 is 4.55 Å². The second kappa shape index (κ2) is 33.7. The summed E-state index contributed by atoms with van der Waals surface area (Å²) in [7, 11) is -4.62. The second-order valence-corrected chi connectivity index (χ2v) is 12.6. The fourth-order valence-electron chi connectivity index (χ4n) is 5.22. The summed E-state index contributed by atoms with van der Waals surface area (Å²) in [6, 6.07) is 0. The Labute approximate surface area is 288 Å². The van der Waals surface area contributed by atoms with E-state index in [-0.39, 0.29) is 63.9 Å². The van der Waals surface area contributed by atoms with Gasteiger partial charge in [-0.05, 0) is 19.3 Å². The minimum atomic E-state index is -4.62. The molecule has 0 fully saturated rings. The van der Waals surface area contributed by atoms with Gasteiger partial charge in [-0.1, -0.05) is 180 Å². The molecule has 0 aromatic rings. The molecule has 0 radical (unpaired) electrons. The molecule has 0 heterocycles. The zero-order valence-electron chi connectivity index (χ0n) is 26.6. The molecule has 0 aliphatic rings. The van der Waals surface area contributed by atoms with E-state index < -0.39 is 10.4 Å². The Hall–Kier alpha value is 1.25. The molecule has 0 rings (SSSR count). The standard InChI is InChI=1S/C33H66O4S.K/c1-3-5-7-9-11-13-15-17-19-21-23-25-27-29-31-33(32-37-38(34,35)36)30-28-26-24-22-20-18-16-14-12-10-8-6-4-2;/h28,30,33H,3-27,29,31-32H2,1-2H3,(H,34,35,36);/q;+1/p-1/b30-28+;. The molecule has 0 spiro atoms. The topological polar surface area (TPSA) is 66.4 Å². The maximum Gasteiger partial charge on any atom is 1.00 e. The van der Waals surface area contributed by atoms with Crippen molar-refractivity contribution in [3.8, 4) is 0 Å². The number of rotatable bonds is 31. The Morgan fingerprint density at radius 3 is 1.26 bits per heavy atom. The van der Waals surface area contributed by atoms with Gasteiger partial charge in [0.05, 0.1) is 6.61 Å². The van der Waals surface area contributed by atoms with E-state index in [1.807, 2.05) is 0 Å². The molecular weight excluding hydrogens is 532 g/mol. The van der Waals surface area contributed by atoms with Crippen LogP contribution in [0.25, 0.3) is 0 Å². The number of hydrogen-bond donors (Lipinski definition) is 0. The summed E-state index contributed by atoms with van der Waals surface area (Å²) in [5.74, 6) is 0.0174. The molecule has 0 amide bonds. The van der Waals surface area contributed by atoms with Gasteiger partial charge in [-0.15, -0.1) is 0 Å². The molecule has 4 nitrogen and oxygen atoms in total. The molecular formula is C33H65KO4S. The van der Waals surface area contributed by atoms with Crippen LogP contribution >= 0.6 is 0 Å². The van der Waals surface area contributed by atoms with Crippen molar-refractivity contribution in [1.82, 2.24) is 0 Å². The molecule has 39 heavy (non-hydrogen) atoms. The average molecular weight is 597 g/mol. The van der Waals surface area contributed by atoms with Crippen molar-refractivity contribution in [2.75, 3.05) is 6.61 Å². The van der Waals surface area contributed by atoms with Crippen molar-refractivity contribution in [2.24, 2.45) is 5.92 Å². The third kappa shape index (κ3) is 37.2. The van der Waals surface area contributed by atoms with Gasteiger partial charge in [0.1, 0.15) is 0 Å². The fourth-order valence-corrected chi connectivity index (χ4v) is 5.56. The summed E-state index contributed by atoms with van der Waals surface area (Å²) >= 11 is 0. The van der Waals surface area contributed by atoms with Crippen molar-refractivity contribution in [3.63, 3.8) is 0 Å². The monoisotopic (exact) mass is 596 g/mol. The Morgan fingerprint density at radius 1 is 0.564 bits per heavy atom. The first-order valence-electron chi connectivity index (χ1n) is 16.8. The summed E-state index contributed by atoms with van der Waals surface area (Å²) in [5.41, 5.74) is 0. The molecule has 1 unspecified atom stereocenters. The van der Waals surface area contributed by atoms with Crippen molar-refractivity contribution in [3.05, 3.63) is 12.2 Å². The first-order chi connectivity index (χ1) is 18.5. The zero-order chi connectivity index (χ0) is 28.0. The molecule has 0 bridgehead atoms. The predicted molar refractivity (Wildman–Crippen MR) is 164 cm³/mol. The Morgan fingerprint density at radius 2 is 0.897 bits per heavy atom. The van der Waals surface area contributed by atoms with Gasteiger partial charge >= 0.3 is 51.4 Å². The third-order valence-electron chi connectivity index (χ3n) is 7.74. The number of unbranched alkanes of at least 4 members (excludes halogenated alkanes) is 24. The molecule has 1 atom stereocenters. The van der Waals surface area contributed by atoms with Crippen LogP contribution in [-0.2, 0) is 14.6 Å². The Bertz CT molecular complexity index is 595. The zero-order valence-corrected chi connectivity index (χ0v) is 30.5. The van der Waals surface area contributed by atoms with Gasteiger partial charge in [-0.2, -0.15) is 0 Å². The van der Waals surface area contributed by atoms with Crippen LogP contribution in [0.3, 0.4) is 0 Å². The van der Waals surface area contributed by atoms with Crippen molar-refractivity contribution in [2.45, 2.75) is 187 Å². The first-order valence-corrected chi connectivity index (χ1v) is 18.1. The van der Waals surface area contributed by atoms with E-state index in [4.69, 9.17) is 0 Å². The van der Waals surface area contributed by atoms with E-state index in [9.17, 15) is 13.0 Å². The maximum absolute atomic E-state index is 10.9. The van der Waals surface area contributed by atoms with E-state index in [1.165, 1.54) is 154 Å². The SMILES string of the molecule is CCCCCCCCCCCCC/C=C/C(CCCCCCCCCCCCCCCC)COS(=O)(=O)[O-].[K+]. The third-order valence-corrected chi connectivity index (χ3v) is 8.16. The van der Waals surface area contributed by atoms with Gasteiger partial charge in [0.2, 0.25) is 10.4 Å². The van der Waals surface area contributed by atoms with E-state index in [1.54, 1.807) is 0 Å². The number of allylic oxidation sites excluding steroid dienone is 1. The summed E-state index contributed by atoms with van der Waals surface area (Å²) in [5, 5.41) is 0. The fraction of sp³-hybridized carbons (Fsp3) is 0.939. The quantitative estimate of drug-likeness (QED) is 0.0266. The molecule has 0 saturated heterocycles. The predicted octanol–water partition coefficient (Wildman–Crippen LogP) is 8.21. The van der Waals surface area contributed by atoms with Crippen molar-refractivity contribution < 1.29 is 68.5 Å². The van der Waals surface area contributed by atoms with Crippen LogP contribution in [0.15, 0.2) is 12.2 Å². The normalized spacial score (nSPS) is 12.7. The number of hydrogen-bond acceptors (Lipinski definition) is 4. The minimum absolute atomic E-state index is 0. The van der Waals surface area contributed by atoms with Crippen molar-refractivity contribution >= 4 is 10.4 Å². The minimum Gasteiger partial charge on any atom is -0.726 e. The van der Waals surface area contributed by atoms with Crippen LogP contribution in [0.2, 0.25) is 0 Å². The van der Waals surface area contributed by atoms with E-state index >= 15 is 0 Å². The summed E-state index contributed by atoms with van der Waals surface area (Å²) in [6.45, 7) is 4.52. The second-order valence-electron chi connectivity index (χ2n) is 11.6. The van der Waals surface area contributed by atoms with Crippen LogP contribution in [-0.4, -0.2) is 19.6 Å². The molecule has 6 heteroatoms. The Kier molecular flexibility index (Phi) is 36.7. The molecule has 0 aromatic carbocycles. The summed E-state index contributed by atoms with van der Waals surface area (Å²) in [4.78, 5) is 0. The van der Waals surface area contributed by atoms with Crippen molar-refractivity contribution in [1.29, 1.82) is 0 Å². The van der Waals surface area contributed by atoms with Crippen LogP contribution in [0.4, 0.5) is 0 Å². The van der Waals surface area contributed by atoms with Gasteiger partial charge in [0.15, 0.2) is 0 Å². The van der Waals surface area contributed by atoms with Crippen LogP contribution in [0.5, 0.6) is 0 Å². The molecule has 0 aliphatic heterocycles. The summed E-state index contributed by atoms with van der Waals surface area (Å²) in [6.07, 6.45) is 39.5. The van der Waals surface area contributed by atoms with E-state index in [0.29, 0.717) is 0 Å². The smallest absolute Gasteiger partial charge is 0.726 e. The van der Waals surface area contributed by atoms with Crippen LogP contribution in [0, 0.1) is 5.92 Å². The van der Waals surface area contributed by atoms with Gasteiger partial charge in [-0.3, -0.25) is 4.18 Å². The van der Waals surface area contributed by atoms with Gasteiger partial charge in [-0.25, -0.2) is 8.42 Å². The van der Waals surface area contributed by atoms with Gasteiger partial charge in [0, 0.05) is 5.92 Å². The van der Waals surface area contributed by atoms with E-state index in [0.717, 1.165) is 19.3 Å². The molecule has 0 saturated carbocycles. The maximum atomic E-state index is 10.9. The average Bonchev–Trinajstić information content (AvgIpc) is 2.89. The molecule has 0 aliphatic carbocycles. The first kappa shape index (κ1) is 42.4. The van der Waals surface area contributed by atoms with Crippen LogP contribution < -0.4 is 51.4 Å². The Balaban J connectivity index is 0. The van der Waals surface area contributed by atoms with E-state index in [2.05, 4.69) is 30.2 Å².